The summed E-state index contributed by atoms with van der Waals surface area (Å²) in [4.78, 5) is 31.9. The third-order valence-corrected chi connectivity index (χ3v) is 7.96. The van der Waals surface area contributed by atoms with E-state index in [1.807, 2.05) is 0 Å². The van der Waals surface area contributed by atoms with Crippen molar-refractivity contribution in [2.24, 2.45) is 0 Å². The lowest BCUT2D eigenvalue weighted by Crippen LogP contribution is -2.62. The van der Waals surface area contributed by atoms with Crippen LogP contribution in [0.3, 0.4) is 0 Å². The number of fused-ring (bicyclic) bond motifs is 1. The normalized spacial score (nSPS) is 18.0. The van der Waals surface area contributed by atoms with Gasteiger partial charge < -0.3 is 23.9 Å². The zero-order valence-corrected chi connectivity index (χ0v) is 20.8. The molecular formula is C25H25N3O7S. The number of benzene rings is 2. The molecule has 1 aliphatic heterocycles. The standard InChI is InChI=1S/C25H25N3O7S/c1-33-19-10-12-20(13-11-19)36(31,32)28-15-18-7-4-5-8-21(18)27(16-25(28,17-29)24(30)35-3)22-9-6-14-26-23(22)34-2/h4-14,17H,15-16H2,1-3H3. The van der Waals surface area contributed by atoms with E-state index >= 15 is 0 Å². The minimum atomic E-state index is -4.38. The van der Waals surface area contributed by atoms with Crippen LogP contribution in [0.25, 0.3) is 0 Å². The second-order valence-corrected chi connectivity index (χ2v) is 9.83. The molecule has 188 valence electrons. The van der Waals surface area contributed by atoms with Crippen LogP contribution in [0.15, 0.2) is 71.8 Å². The number of ether oxygens (including phenoxy) is 3. The first-order valence-electron chi connectivity index (χ1n) is 10.9. The number of sulfonamides is 1. The number of methoxy groups -OCH3 is 3. The lowest BCUT2D eigenvalue weighted by Gasteiger charge is -2.37. The summed E-state index contributed by atoms with van der Waals surface area (Å²) in [5, 5.41) is 0. The smallest absolute Gasteiger partial charge is 0.336 e. The number of hydrogen-bond acceptors (Lipinski definition) is 9. The van der Waals surface area contributed by atoms with Crippen molar-refractivity contribution in [1.29, 1.82) is 0 Å². The molecule has 0 N–H and O–H groups in total. The Morgan fingerprint density at radius 3 is 2.31 bits per heavy atom. The van der Waals surface area contributed by atoms with Crippen molar-refractivity contribution < 1.29 is 32.2 Å². The number of nitrogens with zero attached hydrogens (tertiary/aromatic N) is 3. The lowest BCUT2D eigenvalue weighted by molar-refractivity contribution is -0.153. The highest BCUT2D eigenvalue weighted by Gasteiger charge is 2.54. The van der Waals surface area contributed by atoms with E-state index < -0.39 is 21.5 Å². The zero-order chi connectivity index (χ0) is 25.9. The fraction of sp³-hybridized carbons (Fsp3) is 0.240. The van der Waals surface area contributed by atoms with Crippen LogP contribution in [0.4, 0.5) is 11.4 Å². The topological polar surface area (TPSA) is 115 Å². The molecule has 0 spiro atoms. The van der Waals surface area contributed by atoms with Crippen molar-refractivity contribution in [3.8, 4) is 11.6 Å². The highest BCUT2D eigenvalue weighted by molar-refractivity contribution is 7.89. The summed E-state index contributed by atoms with van der Waals surface area (Å²) < 4.78 is 44.4. The van der Waals surface area contributed by atoms with Crippen molar-refractivity contribution in [1.82, 2.24) is 9.29 Å². The van der Waals surface area contributed by atoms with Crippen LogP contribution in [-0.2, 0) is 30.9 Å². The summed E-state index contributed by atoms with van der Waals surface area (Å²) in [6, 6.07) is 16.1. The van der Waals surface area contributed by atoms with E-state index in [4.69, 9.17) is 14.2 Å². The second-order valence-electron chi connectivity index (χ2n) is 7.97. The third-order valence-electron chi connectivity index (χ3n) is 6.06. The largest absolute Gasteiger partial charge is 0.497 e. The number of carbonyl (C=O) groups excluding carboxylic acids is 2. The average molecular weight is 512 g/mol. The summed E-state index contributed by atoms with van der Waals surface area (Å²) in [7, 11) is -0.356. The van der Waals surface area contributed by atoms with Crippen LogP contribution in [0, 0.1) is 0 Å². The molecule has 0 saturated carbocycles. The van der Waals surface area contributed by atoms with Crippen molar-refractivity contribution in [2.45, 2.75) is 17.0 Å². The Morgan fingerprint density at radius 2 is 1.67 bits per heavy atom. The van der Waals surface area contributed by atoms with Crippen molar-refractivity contribution in [2.75, 3.05) is 32.8 Å². The van der Waals surface area contributed by atoms with Crippen molar-refractivity contribution in [3.63, 3.8) is 0 Å². The Morgan fingerprint density at radius 1 is 0.972 bits per heavy atom. The molecule has 36 heavy (non-hydrogen) atoms. The first kappa shape index (κ1) is 25.1. The summed E-state index contributed by atoms with van der Waals surface area (Å²) in [5.74, 6) is -0.321. The van der Waals surface area contributed by atoms with E-state index in [-0.39, 0.29) is 23.9 Å². The number of aldehydes is 1. The molecule has 4 rings (SSSR count). The molecule has 0 bridgehead atoms. The second kappa shape index (κ2) is 9.96. The number of pyridine rings is 1. The van der Waals surface area contributed by atoms with Crippen molar-refractivity contribution in [3.05, 3.63) is 72.4 Å². The van der Waals surface area contributed by atoms with Gasteiger partial charge in [0.25, 0.3) is 0 Å². The summed E-state index contributed by atoms with van der Waals surface area (Å²) in [6.45, 7) is -0.644. The predicted octanol–water partition coefficient (Wildman–Crippen LogP) is 2.55. The zero-order valence-electron chi connectivity index (χ0n) is 20.0. The highest BCUT2D eigenvalue weighted by atomic mass is 32.2. The lowest BCUT2D eigenvalue weighted by atomic mass is 10.0. The molecule has 10 nitrogen and oxygen atoms in total. The molecule has 0 amide bonds. The summed E-state index contributed by atoms with van der Waals surface area (Å²) in [5.41, 5.74) is -0.626. The van der Waals surface area contributed by atoms with Crippen LogP contribution in [0.5, 0.6) is 11.6 Å². The number of hydrogen-bond donors (Lipinski definition) is 0. The molecule has 1 aromatic heterocycles. The van der Waals surface area contributed by atoms with Gasteiger partial charge in [-0.1, -0.05) is 18.2 Å². The van der Waals surface area contributed by atoms with E-state index in [9.17, 15) is 18.0 Å². The van der Waals surface area contributed by atoms with Gasteiger partial charge in [0.15, 0.2) is 6.29 Å². The van der Waals surface area contributed by atoms with Gasteiger partial charge in [-0.3, -0.25) is 0 Å². The highest BCUT2D eigenvalue weighted by Crippen LogP contribution is 2.41. The quantitative estimate of drug-likeness (QED) is 0.268. The molecular weight excluding hydrogens is 486 g/mol. The summed E-state index contributed by atoms with van der Waals surface area (Å²) in [6.07, 6.45) is 1.86. The fourth-order valence-corrected chi connectivity index (χ4v) is 5.88. The number of esters is 1. The van der Waals surface area contributed by atoms with E-state index in [0.717, 1.165) is 11.4 Å². The van der Waals surface area contributed by atoms with E-state index in [1.165, 1.54) is 38.5 Å². The van der Waals surface area contributed by atoms with Gasteiger partial charge in [0.1, 0.15) is 11.4 Å². The fourth-order valence-electron chi connectivity index (χ4n) is 4.23. The van der Waals surface area contributed by atoms with Crippen molar-refractivity contribution >= 4 is 33.7 Å². The van der Waals surface area contributed by atoms with Crippen LogP contribution in [-0.4, -0.2) is 63.4 Å². The SMILES string of the molecule is COC(=O)C1(C=O)CN(c2cccnc2OC)c2ccccc2CN1S(=O)(=O)c1ccc(OC)cc1. The summed E-state index contributed by atoms with van der Waals surface area (Å²) >= 11 is 0. The first-order chi connectivity index (χ1) is 17.3. The van der Waals surface area contributed by atoms with E-state index in [1.54, 1.807) is 47.5 Å². The molecule has 0 saturated heterocycles. The molecule has 1 atom stereocenters. The van der Waals surface area contributed by atoms with Gasteiger partial charge in [0.05, 0.1) is 32.8 Å². The monoisotopic (exact) mass is 511 g/mol. The number of rotatable bonds is 7. The van der Waals surface area contributed by atoms with Gasteiger partial charge in [-0.25, -0.2) is 18.2 Å². The molecule has 2 aromatic carbocycles. The Balaban J connectivity index is 1.97. The van der Waals surface area contributed by atoms with Crippen LogP contribution in [0.1, 0.15) is 5.56 Å². The first-order valence-corrected chi connectivity index (χ1v) is 12.3. The van der Waals surface area contributed by atoms with Crippen LogP contribution in [0.2, 0.25) is 0 Å². The third kappa shape index (κ3) is 4.16. The molecule has 0 fully saturated rings. The minimum absolute atomic E-state index is 0.108. The van der Waals surface area contributed by atoms with Crippen LogP contribution < -0.4 is 14.4 Å². The maximum absolute atomic E-state index is 14.0. The molecule has 1 aliphatic rings. The maximum Gasteiger partial charge on any atom is 0.336 e. The average Bonchev–Trinajstić information content (AvgIpc) is 3.08. The maximum atomic E-state index is 14.0. The van der Waals surface area contributed by atoms with Crippen LogP contribution >= 0.6 is 0 Å². The minimum Gasteiger partial charge on any atom is -0.497 e. The number of carbonyl (C=O) groups is 2. The Kier molecular flexibility index (Phi) is 6.95. The molecule has 11 heteroatoms. The number of para-hydroxylation sites is 1. The van der Waals surface area contributed by atoms with Gasteiger partial charge in [0, 0.05) is 18.4 Å². The Hall–Kier alpha value is -3.96. The molecule has 2 heterocycles. The molecule has 1 unspecified atom stereocenters. The predicted molar refractivity (Wildman–Crippen MR) is 131 cm³/mol. The van der Waals surface area contributed by atoms with Gasteiger partial charge in [-0.2, -0.15) is 4.31 Å². The number of aromatic nitrogens is 1. The van der Waals surface area contributed by atoms with Gasteiger partial charge in [-0.15, -0.1) is 0 Å². The van der Waals surface area contributed by atoms with Gasteiger partial charge >= 0.3 is 5.97 Å². The van der Waals surface area contributed by atoms with E-state index in [2.05, 4.69) is 4.98 Å². The van der Waals surface area contributed by atoms with Gasteiger partial charge in [0.2, 0.25) is 21.4 Å². The Labute approximate surface area is 209 Å². The molecule has 0 radical (unpaired) electrons. The molecule has 3 aromatic rings. The van der Waals surface area contributed by atoms with Gasteiger partial charge in [-0.05, 0) is 48.0 Å². The molecule has 0 aliphatic carbocycles. The van der Waals surface area contributed by atoms with E-state index in [0.29, 0.717) is 29.0 Å². The Bertz CT molecular complexity index is 1380. The number of anilines is 2.